The van der Waals surface area contributed by atoms with Crippen LogP contribution in [0.1, 0.15) is 32.3 Å². The first-order valence-electron chi connectivity index (χ1n) is 8.35. The molecular formula is C18H25ClN2O3. The van der Waals surface area contributed by atoms with Crippen molar-refractivity contribution in [3.63, 3.8) is 0 Å². The average Bonchev–Trinajstić information content (AvgIpc) is 2.60. The van der Waals surface area contributed by atoms with E-state index in [1.54, 1.807) is 9.80 Å². The maximum Gasteiger partial charge on any atom is 0.410 e. The Kier molecular flexibility index (Phi) is 6.91. The molecule has 24 heavy (non-hydrogen) atoms. The standard InChI is InChI=1S/C18H25ClN2O3/c1-14(2)21(17(22)11-19)16-9-6-10-20(12-16)18(23)24-13-15-7-4-3-5-8-15/h3-5,7-8,14,16H,6,9-13H2,1-2H3/t16-/m0/s1. The van der Waals surface area contributed by atoms with Gasteiger partial charge in [0, 0.05) is 25.2 Å². The van der Waals surface area contributed by atoms with Crippen LogP contribution in [0.3, 0.4) is 0 Å². The number of benzene rings is 1. The van der Waals surface area contributed by atoms with Crippen molar-refractivity contribution in [2.45, 2.75) is 45.4 Å². The Morgan fingerprint density at radius 3 is 2.67 bits per heavy atom. The van der Waals surface area contributed by atoms with E-state index in [-0.39, 0.29) is 36.6 Å². The number of alkyl halides is 1. The Hall–Kier alpha value is -1.75. The van der Waals surface area contributed by atoms with Gasteiger partial charge in [-0.25, -0.2) is 4.79 Å². The van der Waals surface area contributed by atoms with Crippen LogP contribution >= 0.6 is 11.6 Å². The van der Waals surface area contributed by atoms with E-state index < -0.39 is 0 Å². The van der Waals surface area contributed by atoms with Crippen molar-refractivity contribution < 1.29 is 14.3 Å². The van der Waals surface area contributed by atoms with Gasteiger partial charge in [0.15, 0.2) is 0 Å². The van der Waals surface area contributed by atoms with Gasteiger partial charge in [-0.2, -0.15) is 0 Å². The van der Waals surface area contributed by atoms with Crippen molar-refractivity contribution in [3.8, 4) is 0 Å². The van der Waals surface area contributed by atoms with Gasteiger partial charge in [-0.1, -0.05) is 30.3 Å². The number of rotatable bonds is 5. The fourth-order valence-electron chi connectivity index (χ4n) is 3.14. The molecule has 1 heterocycles. The number of halogens is 1. The van der Waals surface area contributed by atoms with Gasteiger partial charge in [0.25, 0.3) is 0 Å². The summed E-state index contributed by atoms with van der Waals surface area (Å²) in [7, 11) is 0. The highest BCUT2D eigenvalue weighted by atomic mass is 35.5. The van der Waals surface area contributed by atoms with Crippen molar-refractivity contribution in [1.82, 2.24) is 9.80 Å². The molecule has 0 saturated carbocycles. The van der Waals surface area contributed by atoms with Crippen LogP contribution in [-0.2, 0) is 16.1 Å². The molecule has 0 bridgehead atoms. The van der Waals surface area contributed by atoms with Crippen LogP contribution < -0.4 is 0 Å². The minimum absolute atomic E-state index is 0.00530. The number of carbonyl (C=O) groups is 2. The summed E-state index contributed by atoms with van der Waals surface area (Å²) < 4.78 is 5.40. The van der Waals surface area contributed by atoms with Crippen LogP contribution in [0, 0.1) is 0 Å². The molecule has 1 aromatic carbocycles. The Labute approximate surface area is 148 Å². The molecule has 5 nitrogen and oxygen atoms in total. The van der Waals surface area contributed by atoms with E-state index >= 15 is 0 Å². The maximum atomic E-state index is 12.3. The number of ether oxygens (including phenoxy) is 1. The first-order valence-corrected chi connectivity index (χ1v) is 8.89. The lowest BCUT2D eigenvalue weighted by molar-refractivity contribution is -0.134. The number of amides is 2. The number of piperidine rings is 1. The summed E-state index contributed by atoms with van der Waals surface area (Å²) in [6.07, 6.45) is 1.40. The number of likely N-dealkylation sites (tertiary alicyclic amines) is 1. The topological polar surface area (TPSA) is 49.9 Å². The van der Waals surface area contributed by atoms with E-state index in [0.29, 0.717) is 13.1 Å². The molecule has 0 N–H and O–H groups in total. The van der Waals surface area contributed by atoms with Crippen molar-refractivity contribution in [2.24, 2.45) is 0 Å². The van der Waals surface area contributed by atoms with Gasteiger partial charge >= 0.3 is 6.09 Å². The zero-order valence-corrected chi connectivity index (χ0v) is 15.0. The second kappa shape index (κ2) is 8.92. The predicted molar refractivity (Wildman–Crippen MR) is 93.9 cm³/mol. The minimum atomic E-state index is -0.328. The van der Waals surface area contributed by atoms with Crippen LogP contribution in [0.25, 0.3) is 0 Å². The van der Waals surface area contributed by atoms with E-state index in [0.717, 1.165) is 18.4 Å². The second-order valence-corrected chi connectivity index (χ2v) is 6.58. The summed E-state index contributed by atoms with van der Waals surface area (Å²) in [5.74, 6) is -0.121. The quantitative estimate of drug-likeness (QED) is 0.764. The summed E-state index contributed by atoms with van der Waals surface area (Å²) in [4.78, 5) is 27.9. The molecule has 1 aromatic rings. The molecule has 0 unspecified atom stereocenters. The van der Waals surface area contributed by atoms with E-state index in [9.17, 15) is 9.59 Å². The lowest BCUT2D eigenvalue weighted by Crippen LogP contribution is -2.54. The average molecular weight is 353 g/mol. The van der Waals surface area contributed by atoms with Crippen LogP contribution in [0.2, 0.25) is 0 Å². The number of hydrogen-bond donors (Lipinski definition) is 0. The van der Waals surface area contributed by atoms with Crippen molar-refractivity contribution in [1.29, 1.82) is 0 Å². The Balaban J connectivity index is 1.94. The highest BCUT2D eigenvalue weighted by molar-refractivity contribution is 6.27. The van der Waals surface area contributed by atoms with Gasteiger partial charge in [0.2, 0.25) is 5.91 Å². The molecule has 6 heteroatoms. The summed E-state index contributed by atoms with van der Waals surface area (Å²) >= 11 is 5.73. The molecule has 0 radical (unpaired) electrons. The fraction of sp³-hybridized carbons (Fsp3) is 0.556. The van der Waals surface area contributed by atoms with Gasteiger partial charge in [-0.15, -0.1) is 11.6 Å². The highest BCUT2D eigenvalue weighted by Gasteiger charge is 2.32. The summed E-state index contributed by atoms with van der Waals surface area (Å²) in [5, 5.41) is 0. The van der Waals surface area contributed by atoms with Gasteiger partial charge in [-0.3, -0.25) is 4.79 Å². The normalized spacial score (nSPS) is 17.7. The van der Waals surface area contributed by atoms with Crippen LogP contribution in [-0.4, -0.2) is 52.9 Å². The molecule has 0 aliphatic carbocycles. The first kappa shape index (κ1) is 18.6. The smallest absolute Gasteiger partial charge is 0.410 e. The lowest BCUT2D eigenvalue weighted by atomic mass is 10.0. The van der Waals surface area contributed by atoms with Gasteiger partial charge in [0.1, 0.15) is 12.5 Å². The molecule has 1 saturated heterocycles. The van der Waals surface area contributed by atoms with Crippen LogP contribution in [0.5, 0.6) is 0 Å². The molecule has 1 aliphatic rings. The second-order valence-electron chi connectivity index (χ2n) is 6.31. The molecule has 1 aliphatic heterocycles. The number of nitrogens with zero attached hydrogens (tertiary/aromatic N) is 2. The van der Waals surface area contributed by atoms with E-state index in [4.69, 9.17) is 16.3 Å². The Morgan fingerprint density at radius 1 is 1.33 bits per heavy atom. The maximum absolute atomic E-state index is 12.3. The number of hydrogen-bond acceptors (Lipinski definition) is 3. The first-order chi connectivity index (χ1) is 11.5. The highest BCUT2D eigenvalue weighted by Crippen LogP contribution is 2.20. The van der Waals surface area contributed by atoms with E-state index in [1.807, 2.05) is 44.2 Å². The summed E-state index contributed by atoms with van der Waals surface area (Å²) in [5.41, 5.74) is 0.959. The molecule has 132 valence electrons. The van der Waals surface area contributed by atoms with Crippen molar-refractivity contribution in [3.05, 3.63) is 35.9 Å². The third kappa shape index (κ3) is 4.87. The zero-order valence-electron chi connectivity index (χ0n) is 14.3. The minimum Gasteiger partial charge on any atom is -0.445 e. The SMILES string of the molecule is CC(C)N(C(=O)CCl)[C@H]1CCCN(C(=O)OCc2ccccc2)C1. The van der Waals surface area contributed by atoms with Gasteiger partial charge in [-0.05, 0) is 32.3 Å². The Morgan fingerprint density at radius 2 is 2.04 bits per heavy atom. The third-order valence-electron chi connectivity index (χ3n) is 4.21. The van der Waals surface area contributed by atoms with Crippen molar-refractivity contribution >= 4 is 23.6 Å². The summed E-state index contributed by atoms with van der Waals surface area (Å²) in [6.45, 7) is 5.35. The molecular weight excluding hydrogens is 328 g/mol. The van der Waals surface area contributed by atoms with Gasteiger partial charge < -0.3 is 14.5 Å². The third-order valence-corrected chi connectivity index (χ3v) is 4.44. The van der Waals surface area contributed by atoms with Crippen molar-refractivity contribution in [2.75, 3.05) is 19.0 Å². The fourth-order valence-corrected chi connectivity index (χ4v) is 3.28. The zero-order chi connectivity index (χ0) is 17.5. The summed E-state index contributed by atoms with van der Waals surface area (Å²) in [6, 6.07) is 9.65. The molecule has 1 fully saturated rings. The molecule has 1 atom stereocenters. The monoisotopic (exact) mass is 352 g/mol. The molecule has 2 amide bonds. The predicted octanol–water partition coefficient (Wildman–Crippen LogP) is 3.26. The van der Waals surface area contributed by atoms with E-state index in [1.165, 1.54) is 0 Å². The lowest BCUT2D eigenvalue weighted by Gasteiger charge is -2.40. The molecule has 0 aromatic heterocycles. The van der Waals surface area contributed by atoms with Crippen LogP contribution in [0.4, 0.5) is 4.79 Å². The molecule has 2 rings (SSSR count). The largest absolute Gasteiger partial charge is 0.445 e. The molecule has 0 spiro atoms. The van der Waals surface area contributed by atoms with Gasteiger partial charge in [0.05, 0.1) is 0 Å². The number of carbonyl (C=O) groups excluding carboxylic acids is 2. The van der Waals surface area contributed by atoms with Crippen LogP contribution in [0.15, 0.2) is 30.3 Å². The van der Waals surface area contributed by atoms with E-state index in [2.05, 4.69) is 0 Å². The Bertz CT molecular complexity index is 550.